The number of carbonyl (C=O) groups excluding carboxylic acids is 2. The molecule has 1 unspecified atom stereocenters. The van der Waals surface area contributed by atoms with Crippen molar-refractivity contribution in [1.82, 2.24) is 4.90 Å². The third-order valence-electron chi connectivity index (χ3n) is 5.67. The Balaban J connectivity index is 1.52. The van der Waals surface area contributed by atoms with Crippen molar-refractivity contribution in [3.05, 3.63) is 53.8 Å². The van der Waals surface area contributed by atoms with E-state index >= 15 is 0 Å². The van der Waals surface area contributed by atoms with Crippen molar-refractivity contribution < 1.29 is 18.7 Å². The molecule has 4 rings (SSSR count). The third-order valence-corrected chi connectivity index (χ3v) is 5.67. The van der Waals surface area contributed by atoms with E-state index < -0.39 is 11.5 Å². The molecule has 0 bridgehead atoms. The number of aryl methyl sites for hydroxylation is 1. The zero-order chi connectivity index (χ0) is 20.8. The number of benzene rings is 2. The molecule has 2 aromatic carbocycles. The van der Waals surface area contributed by atoms with Crippen LogP contribution in [0, 0.1) is 12.7 Å². The number of hydrogen-bond acceptors (Lipinski definition) is 4. The number of hydrogen-bond donors (Lipinski definition) is 0. The minimum Gasteiger partial charge on any atom is -0.465 e. The second-order valence-electron chi connectivity index (χ2n) is 7.70. The number of para-hydroxylation sites is 1. The minimum absolute atomic E-state index is 0.279. The topological polar surface area (TPSA) is 53.1 Å². The van der Waals surface area contributed by atoms with Gasteiger partial charge in [-0.25, -0.2) is 4.39 Å². The average molecular weight is 397 g/mol. The molecule has 1 atom stereocenters. The van der Waals surface area contributed by atoms with Crippen LogP contribution in [-0.2, 0) is 9.59 Å². The summed E-state index contributed by atoms with van der Waals surface area (Å²) in [6.45, 7) is 5.23. The predicted molar refractivity (Wildman–Crippen MR) is 109 cm³/mol. The first-order chi connectivity index (χ1) is 13.8. The second-order valence-corrected chi connectivity index (χ2v) is 7.70. The van der Waals surface area contributed by atoms with Crippen molar-refractivity contribution in [3.8, 4) is 5.75 Å². The van der Waals surface area contributed by atoms with E-state index in [0.29, 0.717) is 43.3 Å². The lowest BCUT2D eigenvalue weighted by Gasteiger charge is -2.43. The second kappa shape index (κ2) is 7.06. The number of carbonyl (C=O) groups is 2. The number of anilines is 2. The lowest BCUT2D eigenvalue weighted by atomic mass is 9.98. The number of fused-ring (bicyclic) bond motifs is 1. The van der Waals surface area contributed by atoms with Crippen molar-refractivity contribution in [1.29, 1.82) is 0 Å². The number of rotatable bonds is 2. The normalized spacial score (nSPS) is 21.7. The highest BCUT2D eigenvalue weighted by atomic mass is 19.1. The number of piperazine rings is 1. The summed E-state index contributed by atoms with van der Waals surface area (Å²) in [6.07, 6.45) is 0. The molecular formula is C22H24FN3O3. The van der Waals surface area contributed by atoms with Gasteiger partial charge < -0.3 is 19.4 Å². The van der Waals surface area contributed by atoms with E-state index in [4.69, 9.17) is 4.74 Å². The molecule has 7 heteroatoms. The van der Waals surface area contributed by atoms with Crippen molar-refractivity contribution >= 4 is 23.2 Å². The van der Waals surface area contributed by atoms with Crippen LogP contribution in [0.25, 0.3) is 0 Å². The van der Waals surface area contributed by atoms with E-state index in [1.807, 2.05) is 24.0 Å². The van der Waals surface area contributed by atoms with Gasteiger partial charge in [0.1, 0.15) is 11.6 Å². The largest absolute Gasteiger partial charge is 0.465 e. The molecule has 6 nitrogen and oxygen atoms in total. The Kier molecular flexibility index (Phi) is 4.68. The molecule has 0 spiro atoms. The molecule has 0 aromatic heterocycles. The molecule has 0 saturated carbocycles. The van der Waals surface area contributed by atoms with Crippen LogP contribution in [0.3, 0.4) is 0 Å². The van der Waals surface area contributed by atoms with E-state index in [1.54, 1.807) is 36.2 Å². The van der Waals surface area contributed by atoms with Gasteiger partial charge in [0.05, 0.1) is 11.4 Å². The van der Waals surface area contributed by atoms with Gasteiger partial charge in [-0.3, -0.25) is 9.59 Å². The Morgan fingerprint density at radius 3 is 2.45 bits per heavy atom. The van der Waals surface area contributed by atoms with Crippen LogP contribution in [0.1, 0.15) is 12.5 Å². The Morgan fingerprint density at radius 2 is 1.76 bits per heavy atom. The molecule has 1 fully saturated rings. The van der Waals surface area contributed by atoms with Gasteiger partial charge in [0, 0.05) is 33.2 Å². The maximum atomic E-state index is 14.1. The van der Waals surface area contributed by atoms with Crippen LogP contribution in [0.2, 0.25) is 0 Å². The quantitative estimate of drug-likeness (QED) is 0.731. The predicted octanol–water partition coefficient (Wildman–Crippen LogP) is 2.60. The van der Waals surface area contributed by atoms with E-state index in [9.17, 15) is 14.0 Å². The minimum atomic E-state index is -1.61. The zero-order valence-corrected chi connectivity index (χ0v) is 16.8. The highest BCUT2D eigenvalue weighted by Crippen LogP contribution is 2.38. The van der Waals surface area contributed by atoms with Gasteiger partial charge in [-0.15, -0.1) is 0 Å². The summed E-state index contributed by atoms with van der Waals surface area (Å²) in [7, 11) is 1.66. The molecule has 2 aromatic rings. The van der Waals surface area contributed by atoms with E-state index in [2.05, 4.69) is 0 Å². The first-order valence-electron chi connectivity index (χ1n) is 9.68. The van der Waals surface area contributed by atoms with Crippen molar-refractivity contribution in [2.24, 2.45) is 0 Å². The Labute approximate surface area is 169 Å². The first kappa shape index (κ1) is 19.2. The number of amides is 2. The van der Waals surface area contributed by atoms with Crippen molar-refractivity contribution in [2.45, 2.75) is 19.4 Å². The van der Waals surface area contributed by atoms with Gasteiger partial charge in [0.2, 0.25) is 0 Å². The third kappa shape index (κ3) is 3.20. The Morgan fingerprint density at radius 1 is 1.07 bits per heavy atom. The molecule has 152 valence electrons. The smallest absolute Gasteiger partial charge is 0.280 e. The standard InChI is InChI=1S/C22H24FN3O3/c1-15-8-9-19-18(14-15)24(3)20(27)22(2,29-19)21(28)26-12-10-25(11-13-26)17-7-5-4-6-16(17)23/h4-9,14H,10-13H2,1-3H3. The van der Waals surface area contributed by atoms with Gasteiger partial charge in [-0.05, 0) is 43.7 Å². The highest BCUT2D eigenvalue weighted by Gasteiger charge is 2.51. The zero-order valence-electron chi connectivity index (χ0n) is 16.8. The van der Waals surface area contributed by atoms with Crippen LogP contribution in [-0.4, -0.2) is 55.5 Å². The Hall–Kier alpha value is -3.09. The monoisotopic (exact) mass is 397 g/mol. The maximum Gasteiger partial charge on any atom is 0.280 e. The van der Waals surface area contributed by atoms with Crippen molar-refractivity contribution in [2.75, 3.05) is 43.0 Å². The molecule has 0 N–H and O–H groups in total. The molecule has 0 radical (unpaired) electrons. The first-order valence-corrected chi connectivity index (χ1v) is 9.68. The summed E-state index contributed by atoms with van der Waals surface area (Å²) in [4.78, 5) is 31.3. The lowest BCUT2D eigenvalue weighted by molar-refractivity contribution is -0.156. The van der Waals surface area contributed by atoms with E-state index in [-0.39, 0.29) is 11.7 Å². The molecular weight excluding hydrogens is 373 g/mol. The van der Waals surface area contributed by atoms with E-state index in [1.165, 1.54) is 17.9 Å². The number of nitrogens with zero attached hydrogens (tertiary/aromatic N) is 3. The molecule has 2 amide bonds. The van der Waals surface area contributed by atoms with Gasteiger partial charge >= 0.3 is 0 Å². The summed E-state index contributed by atoms with van der Waals surface area (Å²) < 4.78 is 20.0. The molecule has 0 aliphatic carbocycles. The van der Waals surface area contributed by atoms with Crippen LogP contribution < -0.4 is 14.5 Å². The fourth-order valence-electron chi connectivity index (χ4n) is 3.96. The van der Waals surface area contributed by atoms with Gasteiger partial charge in [-0.1, -0.05) is 18.2 Å². The molecule has 1 saturated heterocycles. The molecule has 29 heavy (non-hydrogen) atoms. The van der Waals surface area contributed by atoms with Crippen LogP contribution in [0.15, 0.2) is 42.5 Å². The molecule has 2 aliphatic rings. The summed E-state index contributed by atoms with van der Waals surface area (Å²) in [5, 5.41) is 0. The number of likely N-dealkylation sites (N-methyl/N-ethyl adjacent to an activating group) is 1. The summed E-state index contributed by atoms with van der Waals surface area (Å²) in [5.74, 6) is -0.525. The van der Waals surface area contributed by atoms with Gasteiger partial charge in [0.25, 0.3) is 17.4 Å². The SMILES string of the molecule is Cc1ccc2c(c1)N(C)C(=O)C(C)(C(=O)N1CCN(c3ccccc3F)CC1)O2. The molecule has 2 aliphatic heterocycles. The molecule has 2 heterocycles. The van der Waals surface area contributed by atoms with Crippen LogP contribution >= 0.6 is 0 Å². The van der Waals surface area contributed by atoms with Gasteiger partial charge in [-0.2, -0.15) is 0 Å². The van der Waals surface area contributed by atoms with Crippen LogP contribution in [0.4, 0.5) is 15.8 Å². The number of halogens is 1. The summed E-state index contributed by atoms with van der Waals surface area (Å²) in [5.41, 5.74) is 0.577. The fraction of sp³-hybridized carbons (Fsp3) is 0.364. The average Bonchev–Trinajstić information content (AvgIpc) is 2.73. The van der Waals surface area contributed by atoms with Gasteiger partial charge in [0.15, 0.2) is 0 Å². The number of ether oxygens (including phenoxy) is 1. The summed E-state index contributed by atoms with van der Waals surface area (Å²) in [6, 6.07) is 12.1. The highest BCUT2D eigenvalue weighted by molar-refractivity contribution is 6.16. The lowest BCUT2D eigenvalue weighted by Crippen LogP contribution is -2.64. The summed E-state index contributed by atoms with van der Waals surface area (Å²) >= 11 is 0. The van der Waals surface area contributed by atoms with E-state index in [0.717, 1.165) is 5.56 Å². The van der Waals surface area contributed by atoms with Crippen molar-refractivity contribution in [3.63, 3.8) is 0 Å². The Bertz CT molecular complexity index is 972. The maximum absolute atomic E-state index is 14.1. The fourth-order valence-corrected chi connectivity index (χ4v) is 3.96. The van der Waals surface area contributed by atoms with Crippen LogP contribution in [0.5, 0.6) is 5.75 Å².